The van der Waals surface area contributed by atoms with Crippen LogP contribution < -0.4 is 10.6 Å². The smallest absolute Gasteiger partial charge is 0.247 e. The maximum atomic E-state index is 14.2. The van der Waals surface area contributed by atoms with Crippen molar-refractivity contribution in [2.75, 3.05) is 20.6 Å². The number of carbonyl (C=O) groups is 3. The van der Waals surface area contributed by atoms with Gasteiger partial charge in [0.05, 0.1) is 29.3 Å². The number of rotatable bonds is 10. The number of carbonyl (C=O) groups excluding carboxylic acids is 3. The van der Waals surface area contributed by atoms with Crippen LogP contribution in [-0.4, -0.2) is 81.2 Å². The molecule has 3 aromatic rings. The van der Waals surface area contributed by atoms with Crippen molar-refractivity contribution in [3.05, 3.63) is 48.3 Å². The largest absolute Gasteiger partial charge is 0.343 e. The SMILES string of the molecule is CN[C@@H](C)C(=O)N[C@@H](CN(C)C(=O)CC(C)C)C(=O)N1C(C)CC[C@H]1c1nc2c(-c3ccc(F)cc3)cncc2[nH]1. The van der Waals surface area contributed by atoms with Crippen molar-refractivity contribution >= 4 is 28.8 Å². The van der Waals surface area contributed by atoms with Crippen molar-refractivity contribution in [2.45, 2.75) is 71.1 Å². The first kappa shape index (κ1) is 30.1. The Bertz CT molecular complexity index is 1390. The fraction of sp³-hybridized carbons (Fsp3) is 0.500. The van der Waals surface area contributed by atoms with E-state index < -0.39 is 12.1 Å². The summed E-state index contributed by atoms with van der Waals surface area (Å²) in [5, 5.41) is 5.78. The number of nitrogens with zero attached hydrogens (tertiary/aromatic N) is 4. The van der Waals surface area contributed by atoms with Crippen LogP contribution in [-0.2, 0) is 14.4 Å². The lowest BCUT2D eigenvalue weighted by molar-refractivity contribution is -0.141. The van der Waals surface area contributed by atoms with Crippen LogP contribution in [0.2, 0.25) is 0 Å². The van der Waals surface area contributed by atoms with Gasteiger partial charge in [0, 0.05) is 37.8 Å². The maximum absolute atomic E-state index is 14.2. The first-order valence-electron chi connectivity index (χ1n) is 14.1. The van der Waals surface area contributed by atoms with E-state index in [1.165, 1.54) is 17.0 Å². The maximum Gasteiger partial charge on any atom is 0.247 e. The van der Waals surface area contributed by atoms with Gasteiger partial charge in [-0.15, -0.1) is 0 Å². The quantitative estimate of drug-likeness (QED) is 0.346. The van der Waals surface area contributed by atoms with Crippen LogP contribution >= 0.6 is 0 Å². The Morgan fingerprint density at radius 1 is 1.15 bits per heavy atom. The number of hydrogen-bond donors (Lipinski definition) is 3. The van der Waals surface area contributed by atoms with Crippen molar-refractivity contribution in [1.29, 1.82) is 0 Å². The molecule has 2 aromatic heterocycles. The lowest BCUT2D eigenvalue weighted by atomic mass is 10.1. The monoisotopic (exact) mass is 565 g/mol. The second-order valence-electron chi connectivity index (χ2n) is 11.3. The van der Waals surface area contributed by atoms with E-state index in [2.05, 4.69) is 20.6 Å². The molecule has 0 spiro atoms. The lowest BCUT2D eigenvalue weighted by Crippen LogP contribution is -2.57. The van der Waals surface area contributed by atoms with E-state index in [-0.39, 0.29) is 48.1 Å². The molecule has 0 radical (unpaired) electrons. The minimum absolute atomic E-state index is 0.0568. The van der Waals surface area contributed by atoms with Gasteiger partial charge in [0.25, 0.3) is 0 Å². The van der Waals surface area contributed by atoms with E-state index in [0.29, 0.717) is 29.7 Å². The molecular formula is C30H40FN7O3. The minimum atomic E-state index is -0.928. The van der Waals surface area contributed by atoms with Gasteiger partial charge >= 0.3 is 0 Å². The molecule has 1 saturated heterocycles. The second kappa shape index (κ2) is 12.8. The molecule has 0 bridgehead atoms. The summed E-state index contributed by atoms with van der Waals surface area (Å²) in [5.74, 6) is -0.211. The zero-order valence-corrected chi connectivity index (χ0v) is 24.6. The summed E-state index contributed by atoms with van der Waals surface area (Å²) in [6, 6.07) is 4.26. The predicted molar refractivity (Wildman–Crippen MR) is 155 cm³/mol. The third-order valence-electron chi connectivity index (χ3n) is 7.71. The number of likely N-dealkylation sites (tertiary alicyclic amines) is 1. The number of pyridine rings is 1. The number of amides is 3. The van der Waals surface area contributed by atoms with Crippen LogP contribution in [0, 0.1) is 11.7 Å². The van der Waals surface area contributed by atoms with Crippen LogP contribution in [0.4, 0.5) is 4.39 Å². The first-order valence-corrected chi connectivity index (χ1v) is 14.1. The fourth-order valence-corrected chi connectivity index (χ4v) is 5.25. The molecule has 1 aliphatic rings. The van der Waals surface area contributed by atoms with E-state index in [0.717, 1.165) is 17.5 Å². The molecule has 3 amide bonds. The number of aromatic amines is 1. The van der Waals surface area contributed by atoms with Gasteiger partial charge in [0.2, 0.25) is 17.7 Å². The summed E-state index contributed by atoms with van der Waals surface area (Å²) >= 11 is 0. The van der Waals surface area contributed by atoms with Crippen LogP contribution in [0.15, 0.2) is 36.7 Å². The van der Waals surface area contributed by atoms with Gasteiger partial charge in [0.15, 0.2) is 0 Å². The number of benzene rings is 1. The summed E-state index contributed by atoms with van der Waals surface area (Å²) < 4.78 is 13.5. The average molecular weight is 566 g/mol. The number of aromatic nitrogens is 3. The summed E-state index contributed by atoms with van der Waals surface area (Å²) in [6.45, 7) is 7.68. The van der Waals surface area contributed by atoms with Crippen LogP contribution in [0.25, 0.3) is 22.2 Å². The topological polar surface area (TPSA) is 123 Å². The minimum Gasteiger partial charge on any atom is -0.343 e. The highest BCUT2D eigenvalue weighted by molar-refractivity contribution is 5.92. The number of likely N-dealkylation sites (N-methyl/N-ethyl adjacent to an activating group) is 2. The Morgan fingerprint density at radius 2 is 1.85 bits per heavy atom. The van der Waals surface area contributed by atoms with Crippen molar-refractivity contribution in [3.8, 4) is 11.1 Å². The molecule has 0 aliphatic carbocycles. The van der Waals surface area contributed by atoms with Gasteiger partial charge in [-0.3, -0.25) is 19.4 Å². The molecule has 4 rings (SSSR count). The van der Waals surface area contributed by atoms with Crippen molar-refractivity contribution in [3.63, 3.8) is 0 Å². The Hall–Kier alpha value is -3.86. The summed E-state index contributed by atoms with van der Waals surface area (Å²) in [5.41, 5.74) is 2.93. The predicted octanol–water partition coefficient (Wildman–Crippen LogP) is 3.41. The van der Waals surface area contributed by atoms with Gasteiger partial charge in [-0.2, -0.15) is 0 Å². The summed E-state index contributed by atoms with van der Waals surface area (Å²) in [6.07, 6.45) is 5.16. The number of halogens is 1. The van der Waals surface area contributed by atoms with Gasteiger partial charge < -0.3 is 25.4 Å². The van der Waals surface area contributed by atoms with Crippen LogP contribution in [0.1, 0.15) is 58.8 Å². The number of fused-ring (bicyclic) bond motifs is 1. The highest BCUT2D eigenvalue weighted by Gasteiger charge is 2.41. The summed E-state index contributed by atoms with van der Waals surface area (Å²) in [4.78, 5) is 55.7. The second-order valence-corrected chi connectivity index (χ2v) is 11.3. The van der Waals surface area contributed by atoms with E-state index in [4.69, 9.17) is 4.98 Å². The Morgan fingerprint density at radius 3 is 2.51 bits per heavy atom. The third kappa shape index (κ3) is 6.73. The first-order chi connectivity index (χ1) is 19.5. The summed E-state index contributed by atoms with van der Waals surface area (Å²) in [7, 11) is 3.33. The molecule has 11 heteroatoms. The molecule has 1 unspecified atom stereocenters. The third-order valence-corrected chi connectivity index (χ3v) is 7.71. The van der Waals surface area contributed by atoms with E-state index >= 15 is 0 Å². The Balaban J connectivity index is 1.65. The number of nitrogens with one attached hydrogen (secondary N) is 3. The standard InChI is InChI=1S/C30H40FN7O3/c1-17(2)13-26(39)37(6)16-24(35-29(40)19(4)32-5)30(41)38-18(3)7-12-25(38)28-34-23-15-33-14-22(27(23)36-28)20-8-10-21(31)11-9-20/h8-11,14-15,17-19,24-25,32H,7,12-13,16H2,1-6H3,(H,34,36)(H,35,40)/t18?,19-,24-,25-/m0/s1. The molecule has 1 aromatic carbocycles. The molecule has 1 fully saturated rings. The molecule has 4 atom stereocenters. The van der Waals surface area contributed by atoms with Crippen molar-refractivity contribution in [1.82, 2.24) is 35.4 Å². The van der Waals surface area contributed by atoms with Gasteiger partial charge in [-0.1, -0.05) is 26.0 Å². The molecule has 3 heterocycles. The lowest BCUT2D eigenvalue weighted by Gasteiger charge is -2.33. The number of imidazole rings is 1. The van der Waals surface area contributed by atoms with Gasteiger partial charge in [-0.05, 0) is 57.4 Å². The fourth-order valence-electron chi connectivity index (χ4n) is 5.25. The zero-order valence-electron chi connectivity index (χ0n) is 24.6. The highest BCUT2D eigenvalue weighted by Crippen LogP contribution is 2.37. The Labute approximate surface area is 240 Å². The zero-order chi connectivity index (χ0) is 29.8. The van der Waals surface area contributed by atoms with E-state index in [9.17, 15) is 18.8 Å². The van der Waals surface area contributed by atoms with Crippen molar-refractivity contribution < 1.29 is 18.8 Å². The normalized spacial score (nSPS) is 18.5. The van der Waals surface area contributed by atoms with Crippen molar-refractivity contribution in [2.24, 2.45) is 5.92 Å². The van der Waals surface area contributed by atoms with E-state index in [1.807, 2.05) is 20.8 Å². The molecule has 1 aliphatic heterocycles. The molecule has 41 heavy (non-hydrogen) atoms. The molecular weight excluding hydrogens is 525 g/mol. The molecule has 0 saturated carbocycles. The van der Waals surface area contributed by atoms with Gasteiger partial charge in [0.1, 0.15) is 17.7 Å². The van der Waals surface area contributed by atoms with Gasteiger partial charge in [-0.25, -0.2) is 9.37 Å². The number of hydrogen-bond acceptors (Lipinski definition) is 6. The number of H-pyrrole nitrogens is 1. The van der Waals surface area contributed by atoms with Crippen LogP contribution in [0.5, 0.6) is 0 Å². The van der Waals surface area contributed by atoms with Crippen LogP contribution in [0.3, 0.4) is 0 Å². The van der Waals surface area contributed by atoms with E-state index in [1.54, 1.807) is 50.4 Å². The molecule has 10 nitrogen and oxygen atoms in total. The molecule has 3 N–H and O–H groups in total. The molecule has 220 valence electrons. The Kier molecular flexibility index (Phi) is 9.37. The average Bonchev–Trinajstić information content (AvgIpc) is 3.55. The highest BCUT2D eigenvalue weighted by atomic mass is 19.1.